The van der Waals surface area contributed by atoms with Crippen LogP contribution in [0, 0.1) is 12.8 Å². The number of nitrogens with zero attached hydrogens (tertiary/aromatic N) is 2. The van der Waals surface area contributed by atoms with Gasteiger partial charge in [-0.25, -0.2) is 9.97 Å². The molecule has 1 unspecified atom stereocenters. The number of rotatable bonds is 10. The fraction of sp³-hybridized carbons (Fsp3) is 0.750. The quantitative estimate of drug-likeness (QED) is 0.712. The molecular weight excluding hydrogens is 250 g/mol. The lowest BCUT2D eigenvalue weighted by Crippen LogP contribution is -2.15. The smallest absolute Gasteiger partial charge is 0.316 e. The molecule has 1 heterocycles. The van der Waals surface area contributed by atoms with Crippen molar-refractivity contribution < 1.29 is 4.74 Å². The Morgan fingerprint density at radius 2 is 2.10 bits per heavy atom. The average Bonchev–Trinajstić information content (AvgIpc) is 2.46. The number of aryl methyl sites for hydroxylation is 1. The first-order valence-corrected chi connectivity index (χ1v) is 7.87. The van der Waals surface area contributed by atoms with Crippen LogP contribution >= 0.6 is 0 Å². The molecule has 0 aliphatic heterocycles. The van der Waals surface area contributed by atoms with E-state index >= 15 is 0 Å². The molecule has 0 radical (unpaired) electrons. The summed E-state index contributed by atoms with van der Waals surface area (Å²) in [5, 5.41) is 3.29. The third kappa shape index (κ3) is 5.87. The number of hydrogen-bond donors (Lipinski definition) is 1. The lowest BCUT2D eigenvalue weighted by Gasteiger charge is -2.15. The molecular formula is C16H29N3O. The van der Waals surface area contributed by atoms with Crippen molar-refractivity contribution in [2.45, 2.75) is 59.9 Å². The summed E-state index contributed by atoms with van der Waals surface area (Å²) >= 11 is 0. The van der Waals surface area contributed by atoms with Gasteiger partial charge in [-0.15, -0.1) is 0 Å². The van der Waals surface area contributed by atoms with Crippen LogP contribution in [-0.2, 0) is 6.54 Å². The Bertz CT molecular complexity index is 382. The Morgan fingerprint density at radius 1 is 1.30 bits per heavy atom. The second-order valence-electron chi connectivity index (χ2n) is 5.27. The highest BCUT2D eigenvalue weighted by Gasteiger charge is 2.09. The van der Waals surface area contributed by atoms with Crippen LogP contribution in [0.2, 0.25) is 0 Å². The van der Waals surface area contributed by atoms with E-state index in [1.54, 1.807) is 0 Å². The minimum atomic E-state index is 0.512. The molecule has 4 heteroatoms. The first kappa shape index (κ1) is 16.9. The summed E-state index contributed by atoms with van der Waals surface area (Å²) in [5.41, 5.74) is 2.13. The molecule has 20 heavy (non-hydrogen) atoms. The van der Waals surface area contributed by atoms with E-state index in [1.165, 1.54) is 19.3 Å². The zero-order valence-corrected chi connectivity index (χ0v) is 13.4. The van der Waals surface area contributed by atoms with Crippen LogP contribution in [0.3, 0.4) is 0 Å². The molecule has 114 valence electrons. The molecule has 0 saturated heterocycles. The van der Waals surface area contributed by atoms with Gasteiger partial charge in [0.1, 0.15) is 0 Å². The van der Waals surface area contributed by atoms with Gasteiger partial charge in [0.15, 0.2) is 0 Å². The van der Waals surface area contributed by atoms with E-state index in [4.69, 9.17) is 4.74 Å². The minimum absolute atomic E-state index is 0.512. The molecule has 0 saturated carbocycles. The van der Waals surface area contributed by atoms with Crippen LogP contribution in [0.1, 0.15) is 57.7 Å². The number of hydrogen-bond acceptors (Lipinski definition) is 4. The monoisotopic (exact) mass is 279 g/mol. The van der Waals surface area contributed by atoms with Crippen molar-refractivity contribution in [1.29, 1.82) is 0 Å². The van der Waals surface area contributed by atoms with Crippen molar-refractivity contribution in [3.05, 3.63) is 17.5 Å². The molecule has 0 aliphatic rings. The van der Waals surface area contributed by atoms with E-state index in [-0.39, 0.29) is 0 Å². The number of nitrogens with one attached hydrogen (secondary N) is 1. The van der Waals surface area contributed by atoms with Crippen molar-refractivity contribution in [2.75, 3.05) is 13.2 Å². The summed E-state index contributed by atoms with van der Waals surface area (Å²) in [7, 11) is 0. The molecule has 0 bridgehead atoms. The Labute approximate surface area is 123 Å². The number of aromatic nitrogens is 2. The van der Waals surface area contributed by atoms with Gasteiger partial charge < -0.3 is 10.1 Å². The van der Waals surface area contributed by atoms with E-state index in [9.17, 15) is 0 Å². The lowest BCUT2D eigenvalue weighted by atomic mass is 10.0. The molecule has 0 spiro atoms. The topological polar surface area (TPSA) is 47.0 Å². The summed E-state index contributed by atoms with van der Waals surface area (Å²) in [6, 6.07) is 0.512. The molecule has 1 aromatic heterocycles. The third-order valence-electron chi connectivity index (χ3n) is 3.62. The van der Waals surface area contributed by atoms with Crippen molar-refractivity contribution in [3.63, 3.8) is 0 Å². The molecule has 0 aliphatic carbocycles. The van der Waals surface area contributed by atoms with Gasteiger partial charge in [0, 0.05) is 24.0 Å². The predicted octanol–water partition coefficient (Wildman–Crippen LogP) is 3.49. The summed E-state index contributed by atoms with van der Waals surface area (Å²) in [6.07, 6.45) is 6.75. The molecule has 0 aromatic carbocycles. The summed E-state index contributed by atoms with van der Waals surface area (Å²) < 4.78 is 5.75. The normalized spacial score (nSPS) is 12.4. The van der Waals surface area contributed by atoms with E-state index in [0.29, 0.717) is 11.9 Å². The molecule has 4 nitrogen and oxygen atoms in total. The maximum absolute atomic E-state index is 5.75. The van der Waals surface area contributed by atoms with Gasteiger partial charge in [-0.1, -0.05) is 40.0 Å². The summed E-state index contributed by atoms with van der Waals surface area (Å²) in [6.45, 7) is 11.0. The van der Waals surface area contributed by atoms with Crippen LogP contribution in [0.5, 0.6) is 6.01 Å². The first-order chi connectivity index (χ1) is 9.71. The van der Waals surface area contributed by atoms with Crippen molar-refractivity contribution in [2.24, 2.45) is 5.92 Å². The second kappa shape index (κ2) is 9.70. The van der Waals surface area contributed by atoms with E-state index < -0.39 is 0 Å². The second-order valence-corrected chi connectivity index (χ2v) is 5.27. The van der Waals surface area contributed by atoms with Crippen molar-refractivity contribution in [3.8, 4) is 6.01 Å². The van der Waals surface area contributed by atoms with Crippen LogP contribution in [0.4, 0.5) is 0 Å². The van der Waals surface area contributed by atoms with Crippen molar-refractivity contribution in [1.82, 2.24) is 15.3 Å². The zero-order chi connectivity index (χ0) is 14.8. The van der Waals surface area contributed by atoms with Gasteiger partial charge in [-0.3, -0.25) is 0 Å². The fourth-order valence-corrected chi connectivity index (χ4v) is 2.06. The van der Waals surface area contributed by atoms with Gasteiger partial charge in [0.2, 0.25) is 0 Å². The summed E-state index contributed by atoms with van der Waals surface area (Å²) in [4.78, 5) is 8.74. The van der Waals surface area contributed by atoms with E-state index in [1.807, 2.05) is 13.1 Å². The van der Waals surface area contributed by atoms with Gasteiger partial charge >= 0.3 is 6.01 Å². The van der Waals surface area contributed by atoms with Crippen LogP contribution in [0.25, 0.3) is 0 Å². The Morgan fingerprint density at radius 3 is 2.70 bits per heavy atom. The van der Waals surface area contributed by atoms with Crippen molar-refractivity contribution >= 4 is 0 Å². The van der Waals surface area contributed by atoms with Crippen LogP contribution < -0.4 is 10.1 Å². The van der Waals surface area contributed by atoms with Crippen LogP contribution in [-0.4, -0.2) is 23.1 Å². The molecule has 1 atom stereocenters. The van der Waals surface area contributed by atoms with Gasteiger partial charge in [-0.2, -0.15) is 0 Å². The molecule has 0 fully saturated rings. The number of unbranched alkanes of at least 4 members (excludes halogenated alkanes) is 1. The Balaban J connectivity index is 2.49. The van der Waals surface area contributed by atoms with Gasteiger partial charge in [0.05, 0.1) is 6.61 Å². The molecule has 1 rings (SSSR count). The van der Waals surface area contributed by atoms with E-state index in [2.05, 4.69) is 36.1 Å². The van der Waals surface area contributed by atoms with E-state index in [0.717, 1.165) is 37.4 Å². The minimum Gasteiger partial charge on any atom is -0.463 e. The predicted molar refractivity (Wildman–Crippen MR) is 83.0 cm³/mol. The maximum Gasteiger partial charge on any atom is 0.316 e. The molecule has 0 amide bonds. The molecule has 1 N–H and O–H groups in total. The summed E-state index contributed by atoms with van der Waals surface area (Å²) in [5.74, 6) is 0.611. The largest absolute Gasteiger partial charge is 0.463 e. The van der Waals surface area contributed by atoms with Gasteiger partial charge in [-0.05, 0) is 25.8 Å². The SMILES string of the molecule is CCCCC(CC)COc1ncc(CNCC)c(C)n1. The fourth-order valence-electron chi connectivity index (χ4n) is 2.06. The third-order valence-corrected chi connectivity index (χ3v) is 3.62. The highest BCUT2D eigenvalue weighted by molar-refractivity contribution is 5.17. The van der Waals surface area contributed by atoms with Gasteiger partial charge in [0.25, 0.3) is 0 Å². The lowest BCUT2D eigenvalue weighted by molar-refractivity contribution is 0.217. The van der Waals surface area contributed by atoms with Crippen LogP contribution in [0.15, 0.2) is 6.20 Å². The maximum atomic E-state index is 5.75. The zero-order valence-electron chi connectivity index (χ0n) is 13.4. The highest BCUT2D eigenvalue weighted by Crippen LogP contribution is 2.15. The highest BCUT2D eigenvalue weighted by atomic mass is 16.5. The number of ether oxygens (including phenoxy) is 1. The Kier molecular flexibility index (Phi) is 8.19. The standard InChI is InChI=1S/C16H29N3O/c1-5-8-9-14(6-2)12-20-16-18-11-15(10-17-7-3)13(4)19-16/h11,14,17H,5-10,12H2,1-4H3. The Hall–Kier alpha value is -1.16. The average molecular weight is 279 g/mol. The first-order valence-electron chi connectivity index (χ1n) is 7.87. The molecule has 1 aromatic rings.